The van der Waals surface area contributed by atoms with Crippen molar-refractivity contribution in [3.63, 3.8) is 0 Å². The van der Waals surface area contributed by atoms with Gasteiger partial charge in [-0.05, 0) is 0 Å². The average Bonchev–Trinajstić information content (AvgIpc) is 2.51. The van der Waals surface area contributed by atoms with Crippen LogP contribution in [0.25, 0.3) is 0 Å². The van der Waals surface area contributed by atoms with Crippen molar-refractivity contribution in [1.29, 1.82) is 0 Å². The standard InChI is InChI=1S/C7H7.3C4H9.Sn/c1-7-5-3-2-4-6-7;3*1-3-4-2;/h2-6H,1H2;3*1,3-4H2,2H3;/i5D;;;;. The van der Waals surface area contributed by atoms with Gasteiger partial charge in [0.1, 0.15) is 0 Å². The van der Waals surface area contributed by atoms with Crippen LogP contribution in [0.2, 0.25) is 13.3 Å². The predicted molar refractivity (Wildman–Crippen MR) is 95.0 cm³/mol. The maximum atomic E-state index is 8.22. The van der Waals surface area contributed by atoms with Crippen molar-refractivity contribution >= 4 is 18.4 Å². The van der Waals surface area contributed by atoms with Crippen molar-refractivity contribution in [3.8, 4) is 0 Å². The topological polar surface area (TPSA) is 0 Å². The van der Waals surface area contributed by atoms with Crippen LogP contribution in [-0.2, 0) is 4.44 Å². The fourth-order valence-electron chi connectivity index (χ4n) is 3.24. The van der Waals surface area contributed by atoms with Crippen LogP contribution in [0.1, 0.15) is 66.2 Å². The second kappa shape index (κ2) is 10.7. The summed E-state index contributed by atoms with van der Waals surface area (Å²) in [4.78, 5) is 0. The molecule has 1 aromatic rings. The van der Waals surface area contributed by atoms with Crippen molar-refractivity contribution < 1.29 is 1.37 Å². The van der Waals surface area contributed by atoms with Crippen LogP contribution < -0.4 is 0 Å². The molecule has 0 aromatic heterocycles. The van der Waals surface area contributed by atoms with E-state index in [1.807, 2.05) is 12.1 Å². The number of hydrogen-bond acceptors (Lipinski definition) is 0. The molecule has 0 bridgehead atoms. The van der Waals surface area contributed by atoms with Gasteiger partial charge in [-0.15, -0.1) is 0 Å². The Hall–Kier alpha value is 0.0187. The molecule has 0 saturated carbocycles. The van der Waals surface area contributed by atoms with E-state index in [9.17, 15) is 0 Å². The fourth-order valence-corrected chi connectivity index (χ4v) is 19.3. The van der Waals surface area contributed by atoms with Crippen LogP contribution in [0.4, 0.5) is 0 Å². The number of unbranched alkanes of at least 4 members (excludes halogenated alkanes) is 3. The number of benzene rings is 1. The molecular weight excluding hydrogens is 347 g/mol. The second-order valence-corrected chi connectivity index (χ2v) is 20.2. The summed E-state index contributed by atoms with van der Waals surface area (Å²) in [5.74, 6) is 0. The van der Waals surface area contributed by atoms with E-state index in [4.69, 9.17) is 1.37 Å². The Balaban J connectivity index is 2.92. The summed E-state index contributed by atoms with van der Waals surface area (Å²) in [6.45, 7) is 6.98. The molecule has 0 aliphatic rings. The molecule has 0 aliphatic heterocycles. The van der Waals surface area contributed by atoms with Gasteiger partial charge in [0, 0.05) is 0 Å². The van der Waals surface area contributed by atoms with Crippen molar-refractivity contribution in [2.45, 2.75) is 77.0 Å². The monoisotopic (exact) mass is 383 g/mol. The number of rotatable bonds is 11. The summed E-state index contributed by atoms with van der Waals surface area (Å²) >= 11 is -2.11. The summed E-state index contributed by atoms with van der Waals surface area (Å²) in [5.41, 5.74) is 1.34. The Bertz CT molecular complexity index is 367. The molecule has 0 amide bonds. The molecule has 0 fully saturated rings. The van der Waals surface area contributed by atoms with Crippen molar-refractivity contribution in [1.82, 2.24) is 0 Å². The predicted octanol–water partition coefficient (Wildman–Crippen LogP) is 6.62. The van der Waals surface area contributed by atoms with E-state index < -0.39 is 18.4 Å². The molecule has 0 heterocycles. The van der Waals surface area contributed by atoms with Gasteiger partial charge in [-0.1, -0.05) is 0 Å². The van der Waals surface area contributed by atoms with Crippen LogP contribution in [0.3, 0.4) is 0 Å². The molecule has 0 saturated heterocycles. The molecule has 0 radical (unpaired) electrons. The third-order valence-corrected chi connectivity index (χ3v) is 19.9. The van der Waals surface area contributed by atoms with Gasteiger partial charge in [0.15, 0.2) is 0 Å². The summed E-state index contributed by atoms with van der Waals surface area (Å²) in [6.07, 6.45) is 8.26. The van der Waals surface area contributed by atoms with Gasteiger partial charge in [-0.2, -0.15) is 0 Å². The SMILES string of the molecule is [2H]c1ccccc1[CH2][Sn]([CH2]CCC)([CH2]CCC)[CH2]CCC. The van der Waals surface area contributed by atoms with Gasteiger partial charge in [0.2, 0.25) is 0 Å². The summed E-state index contributed by atoms with van der Waals surface area (Å²) < 4.78 is 14.2. The molecule has 0 unspecified atom stereocenters. The fraction of sp³-hybridized carbons (Fsp3) is 0.684. The van der Waals surface area contributed by atoms with Crippen LogP contribution in [0.5, 0.6) is 0 Å². The molecule has 0 N–H and O–H groups in total. The maximum absolute atomic E-state index is 8.22. The van der Waals surface area contributed by atoms with Crippen molar-refractivity contribution in [2.24, 2.45) is 0 Å². The van der Waals surface area contributed by atoms with E-state index in [0.717, 1.165) is 6.04 Å². The molecule has 114 valence electrons. The minimum absolute atomic E-state index is 0.781. The second-order valence-electron chi connectivity index (χ2n) is 6.38. The van der Waals surface area contributed by atoms with Crippen LogP contribution in [0, 0.1) is 0 Å². The molecule has 20 heavy (non-hydrogen) atoms. The van der Waals surface area contributed by atoms with Crippen LogP contribution in [0.15, 0.2) is 30.3 Å². The zero-order valence-electron chi connectivity index (χ0n) is 14.9. The molecule has 1 aromatic carbocycles. The Morgan fingerprint density at radius 3 is 1.85 bits per heavy atom. The normalized spacial score (nSPS) is 12.4. The molecule has 0 aliphatic carbocycles. The first kappa shape index (κ1) is 16.4. The Morgan fingerprint density at radius 2 is 1.40 bits per heavy atom. The molecule has 0 spiro atoms. The molecule has 0 atom stereocenters. The van der Waals surface area contributed by atoms with Crippen molar-refractivity contribution in [2.75, 3.05) is 0 Å². The molecule has 0 nitrogen and oxygen atoms in total. The van der Waals surface area contributed by atoms with Gasteiger partial charge in [0.25, 0.3) is 0 Å². The first-order valence-electron chi connectivity index (χ1n) is 9.22. The van der Waals surface area contributed by atoms with Gasteiger partial charge in [-0.3, -0.25) is 0 Å². The minimum atomic E-state index is -2.11. The van der Waals surface area contributed by atoms with E-state index in [2.05, 4.69) is 32.9 Å². The van der Waals surface area contributed by atoms with Gasteiger partial charge >= 0.3 is 133 Å². The Labute approximate surface area is 132 Å². The first-order chi connectivity index (χ1) is 10.2. The van der Waals surface area contributed by atoms with E-state index >= 15 is 0 Å². The van der Waals surface area contributed by atoms with Gasteiger partial charge in [-0.25, -0.2) is 0 Å². The zero-order valence-corrected chi connectivity index (χ0v) is 16.7. The van der Waals surface area contributed by atoms with Gasteiger partial charge < -0.3 is 0 Å². The van der Waals surface area contributed by atoms with Crippen LogP contribution in [-0.4, -0.2) is 18.4 Å². The number of hydrogen-bond donors (Lipinski definition) is 0. The van der Waals surface area contributed by atoms with Crippen molar-refractivity contribution in [3.05, 3.63) is 35.9 Å². The van der Waals surface area contributed by atoms with E-state index in [0.29, 0.717) is 0 Å². The van der Waals surface area contributed by atoms with E-state index in [-0.39, 0.29) is 0 Å². The first-order valence-corrected chi connectivity index (χ1v) is 16.8. The average molecular weight is 382 g/mol. The molecule has 1 heteroatoms. The summed E-state index contributed by atoms with van der Waals surface area (Å²) in [7, 11) is 0. The van der Waals surface area contributed by atoms with E-state index in [1.165, 1.54) is 48.5 Å². The summed E-state index contributed by atoms with van der Waals surface area (Å²) in [6, 6.07) is 9.11. The summed E-state index contributed by atoms with van der Waals surface area (Å²) in [5, 5.41) is 0. The zero-order chi connectivity index (χ0) is 15.6. The van der Waals surface area contributed by atoms with E-state index in [1.54, 1.807) is 13.3 Å². The Morgan fingerprint density at radius 1 is 0.850 bits per heavy atom. The third-order valence-electron chi connectivity index (χ3n) is 4.52. The molecular formula is C19H34Sn. The Kier molecular flexibility index (Phi) is 8.77. The van der Waals surface area contributed by atoms with Gasteiger partial charge in [0.05, 0.1) is 0 Å². The van der Waals surface area contributed by atoms with Crippen LogP contribution >= 0.6 is 0 Å². The molecule has 1 rings (SSSR count). The third kappa shape index (κ3) is 6.65. The quantitative estimate of drug-likeness (QED) is 0.378.